The van der Waals surface area contributed by atoms with Crippen LogP contribution in [0.25, 0.3) is 11.2 Å². The lowest BCUT2D eigenvalue weighted by molar-refractivity contribution is -0.0518. The first-order chi connectivity index (χ1) is 13.6. The molecule has 29 heavy (non-hydrogen) atoms. The minimum atomic E-state index is -3.49. The number of imidazole rings is 1. The molecule has 2 aromatic heterocycles. The molecular weight excluding hydrogens is 417 g/mol. The molecule has 1 aliphatic rings. The van der Waals surface area contributed by atoms with Gasteiger partial charge in [0.05, 0.1) is 24.7 Å². The fourth-order valence-corrected chi connectivity index (χ4v) is 5.40. The molecule has 3 rings (SSSR count). The maximum absolute atomic E-state index is 10.5. The molecule has 3 N–H and O–H groups in total. The number of hydrogen-bond donors (Lipinski definition) is 2. The van der Waals surface area contributed by atoms with Gasteiger partial charge in [-0.15, -0.1) is 0 Å². The minimum Gasteiger partial charge on any atom is -0.374 e. The predicted octanol–water partition coefficient (Wildman–Crippen LogP) is 2.39. The zero-order chi connectivity index (χ0) is 21.3. The normalized spacial score (nSPS) is 27.2. The third-order valence-corrected chi connectivity index (χ3v) is 6.18. The van der Waals surface area contributed by atoms with E-state index in [1.54, 1.807) is 38.0 Å². The lowest BCUT2D eigenvalue weighted by Crippen LogP contribution is -2.36. The molecule has 1 aliphatic heterocycles. The molecule has 1 saturated heterocycles. The van der Waals surface area contributed by atoms with Gasteiger partial charge in [0.15, 0.2) is 11.9 Å². The standard InChI is InChI=1S/C17H28N5O5PS/c1-9(2)6-12-13(27-28(23,29)26-10(3)4)14(24-5)16(25-12)22-8-20-11-7-19-17(18)21-15(11)22/h7-10,12-14,16H,6H2,1-5H3,(H,23,29)(H2,18,19,21)/t12-,13?,14+,16-,28?/m1/s1. The summed E-state index contributed by atoms with van der Waals surface area (Å²) in [5, 5.41) is 0. The Morgan fingerprint density at radius 3 is 2.66 bits per heavy atom. The highest BCUT2D eigenvalue weighted by atomic mass is 32.5. The number of nitrogens with zero attached hydrogens (tertiary/aromatic N) is 4. The number of anilines is 1. The molecule has 0 amide bonds. The smallest absolute Gasteiger partial charge is 0.325 e. The molecule has 2 aromatic rings. The summed E-state index contributed by atoms with van der Waals surface area (Å²) in [6, 6.07) is 0. The Kier molecular flexibility index (Phi) is 6.89. The molecule has 2 unspecified atom stereocenters. The van der Waals surface area contributed by atoms with Crippen molar-refractivity contribution in [1.29, 1.82) is 0 Å². The van der Waals surface area contributed by atoms with Crippen molar-refractivity contribution in [3.05, 3.63) is 12.5 Å². The molecule has 0 aromatic carbocycles. The molecule has 10 nitrogen and oxygen atoms in total. The summed E-state index contributed by atoms with van der Waals surface area (Å²) in [6.07, 6.45) is 1.40. The van der Waals surface area contributed by atoms with E-state index in [1.807, 2.05) is 0 Å². The van der Waals surface area contributed by atoms with Crippen molar-refractivity contribution < 1.29 is 23.4 Å². The van der Waals surface area contributed by atoms with E-state index < -0.39 is 25.2 Å². The Morgan fingerprint density at radius 2 is 2.03 bits per heavy atom. The largest absolute Gasteiger partial charge is 0.374 e. The van der Waals surface area contributed by atoms with E-state index in [1.165, 1.54) is 0 Å². The van der Waals surface area contributed by atoms with Crippen molar-refractivity contribution in [3.63, 3.8) is 0 Å². The van der Waals surface area contributed by atoms with Crippen molar-refractivity contribution in [3.8, 4) is 0 Å². The van der Waals surface area contributed by atoms with E-state index in [-0.39, 0.29) is 18.2 Å². The van der Waals surface area contributed by atoms with Crippen LogP contribution in [0.4, 0.5) is 5.95 Å². The number of ether oxygens (including phenoxy) is 2. The van der Waals surface area contributed by atoms with Crippen LogP contribution < -0.4 is 5.73 Å². The van der Waals surface area contributed by atoms with E-state index in [0.29, 0.717) is 23.5 Å². The highest BCUT2D eigenvalue weighted by molar-refractivity contribution is 8.07. The Hall–Kier alpha value is -1.20. The van der Waals surface area contributed by atoms with Crippen molar-refractivity contribution in [1.82, 2.24) is 19.5 Å². The second kappa shape index (κ2) is 8.89. The molecule has 1 fully saturated rings. The Bertz CT molecular complexity index is 894. The van der Waals surface area contributed by atoms with Crippen LogP contribution >= 0.6 is 6.72 Å². The van der Waals surface area contributed by atoms with Gasteiger partial charge in [0, 0.05) is 7.11 Å². The number of rotatable bonds is 8. The Balaban J connectivity index is 1.96. The fourth-order valence-electron chi connectivity index (χ4n) is 3.44. The first-order valence-electron chi connectivity index (χ1n) is 9.44. The van der Waals surface area contributed by atoms with Crippen molar-refractivity contribution in [2.75, 3.05) is 12.8 Å². The third kappa shape index (κ3) is 5.11. The van der Waals surface area contributed by atoms with Crippen LogP contribution in [0.2, 0.25) is 0 Å². The number of methoxy groups -OCH3 is 1. The second-order valence-electron chi connectivity index (χ2n) is 7.68. The monoisotopic (exact) mass is 445 g/mol. The van der Waals surface area contributed by atoms with Crippen LogP contribution in [0, 0.1) is 5.92 Å². The Labute approximate surface area is 175 Å². The number of nitrogen functional groups attached to an aromatic ring is 1. The average molecular weight is 445 g/mol. The average Bonchev–Trinajstić information content (AvgIpc) is 3.13. The summed E-state index contributed by atoms with van der Waals surface area (Å²) in [5.41, 5.74) is 6.85. The summed E-state index contributed by atoms with van der Waals surface area (Å²) >= 11 is 5.21. The van der Waals surface area contributed by atoms with Crippen LogP contribution in [0.5, 0.6) is 0 Å². The van der Waals surface area contributed by atoms with Gasteiger partial charge in [-0.2, -0.15) is 4.98 Å². The second-order valence-corrected chi connectivity index (χ2v) is 10.4. The van der Waals surface area contributed by atoms with Crippen LogP contribution in [-0.2, 0) is 30.3 Å². The van der Waals surface area contributed by atoms with Gasteiger partial charge in [-0.05, 0) is 38.0 Å². The summed E-state index contributed by atoms with van der Waals surface area (Å²) in [4.78, 5) is 23.1. The van der Waals surface area contributed by atoms with Crippen LogP contribution in [-0.4, -0.2) is 55.9 Å². The van der Waals surface area contributed by atoms with Gasteiger partial charge in [0.25, 0.3) is 0 Å². The molecule has 162 valence electrons. The van der Waals surface area contributed by atoms with Gasteiger partial charge in [-0.1, -0.05) is 13.8 Å². The first kappa shape index (κ1) is 22.5. The molecule has 0 spiro atoms. The maximum Gasteiger partial charge on any atom is 0.325 e. The predicted molar refractivity (Wildman–Crippen MR) is 111 cm³/mol. The van der Waals surface area contributed by atoms with Gasteiger partial charge in [0.2, 0.25) is 5.95 Å². The lowest BCUT2D eigenvalue weighted by atomic mass is 10.0. The topological polar surface area (TPSA) is 127 Å². The van der Waals surface area contributed by atoms with Crippen molar-refractivity contribution in [2.24, 2.45) is 5.92 Å². The van der Waals surface area contributed by atoms with Crippen LogP contribution in [0.15, 0.2) is 12.5 Å². The van der Waals surface area contributed by atoms with Gasteiger partial charge in [-0.3, -0.25) is 9.09 Å². The molecule has 5 atom stereocenters. The third-order valence-electron chi connectivity index (χ3n) is 4.47. The van der Waals surface area contributed by atoms with Gasteiger partial charge in [0.1, 0.15) is 17.7 Å². The summed E-state index contributed by atoms with van der Waals surface area (Å²) in [6.45, 7) is 4.25. The minimum absolute atomic E-state index is 0.133. The van der Waals surface area contributed by atoms with E-state index in [2.05, 4.69) is 28.8 Å². The quantitative estimate of drug-likeness (QED) is 0.585. The number of nitrogens with two attached hydrogens (primary N) is 1. The van der Waals surface area contributed by atoms with E-state index in [9.17, 15) is 4.89 Å². The fraction of sp³-hybridized carbons (Fsp3) is 0.706. The molecule has 0 radical (unpaired) electrons. The molecule has 12 heteroatoms. The van der Waals surface area contributed by atoms with E-state index >= 15 is 0 Å². The number of aromatic nitrogens is 4. The van der Waals surface area contributed by atoms with Gasteiger partial charge in [-0.25, -0.2) is 9.97 Å². The SMILES string of the molecule is CO[C@H]1C(OP(O)(=S)OC(C)C)[C@@H](CC(C)C)O[C@H]1n1cnc2cnc(N)nc21. The van der Waals surface area contributed by atoms with Crippen LogP contribution in [0.3, 0.4) is 0 Å². The molecular formula is C17H28N5O5PS. The molecule has 3 heterocycles. The Morgan fingerprint density at radius 1 is 1.31 bits per heavy atom. The highest BCUT2D eigenvalue weighted by Crippen LogP contribution is 2.51. The molecule has 0 bridgehead atoms. The maximum atomic E-state index is 10.5. The molecule has 0 saturated carbocycles. The van der Waals surface area contributed by atoms with Crippen molar-refractivity contribution in [2.45, 2.75) is 64.8 Å². The van der Waals surface area contributed by atoms with Crippen LogP contribution in [0.1, 0.15) is 40.3 Å². The zero-order valence-corrected chi connectivity index (χ0v) is 18.8. The molecule has 0 aliphatic carbocycles. The lowest BCUT2D eigenvalue weighted by Gasteiger charge is -2.28. The van der Waals surface area contributed by atoms with E-state index in [4.69, 9.17) is 36.1 Å². The number of fused-ring (bicyclic) bond motifs is 1. The summed E-state index contributed by atoms with van der Waals surface area (Å²) < 4.78 is 25.1. The zero-order valence-electron chi connectivity index (χ0n) is 17.1. The van der Waals surface area contributed by atoms with Crippen molar-refractivity contribution >= 4 is 35.6 Å². The van der Waals surface area contributed by atoms with Gasteiger partial charge >= 0.3 is 6.72 Å². The summed E-state index contributed by atoms with van der Waals surface area (Å²) in [5.74, 6) is 0.455. The summed E-state index contributed by atoms with van der Waals surface area (Å²) in [7, 11) is 1.56. The highest BCUT2D eigenvalue weighted by Gasteiger charge is 2.49. The van der Waals surface area contributed by atoms with Gasteiger partial charge < -0.3 is 24.6 Å². The number of hydrogen-bond acceptors (Lipinski definition) is 9. The first-order valence-corrected chi connectivity index (χ1v) is 12.0. The van der Waals surface area contributed by atoms with E-state index in [0.717, 1.165) is 0 Å².